The monoisotopic (exact) mass is 481 g/mol. The van der Waals surface area contributed by atoms with Gasteiger partial charge in [0.1, 0.15) is 10.8 Å². The number of anilines is 1. The van der Waals surface area contributed by atoms with Crippen LogP contribution in [0.3, 0.4) is 0 Å². The van der Waals surface area contributed by atoms with Gasteiger partial charge in [-0.2, -0.15) is 0 Å². The Labute approximate surface area is 180 Å². The highest BCUT2D eigenvalue weighted by Gasteiger charge is 2.38. The summed E-state index contributed by atoms with van der Waals surface area (Å²) in [5.74, 6) is -1.42. The molecule has 3 rings (SSSR count). The van der Waals surface area contributed by atoms with Gasteiger partial charge in [0.2, 0.25) is 0 Å². The lowest BCUT2D eigenvalue weighted by atomic mass is 9.99. The highest BCUT2D eigenvalue weighted by atomic mass is 79.9. The predicted molar refractivity (Wildman–Crippen MR) is 112 cm³/mol. The highest BCUT2D eigenvalue weighted by molar-refractivity contribution is 9.10. The van der Waals surface area contributed by atoms with E-state index in [1.165, 1.54) is 25.6 Å². The van der Waals surface area contributed by atoms with Crippen molar-refractivity contribution in [2.45, 2.75) is 25.7 Å². The van der Waals surface area contributed by atoms with Crippen LogP contribution in [0.15, 0.2) is 22.7 Å². The van der Waals surface area contributed by atoms with Gasteiger partial charge in [0, 0.05) is 4.88 Å². The van der Waals surface area contributed by atoms with Gasteiger partial charge in [-0.3, -0.25) is 9.59 Å². The molecule has 29 heavy (non-hydrogen) atoms. The van der Waals surface area contributed by atoms with Crippen molar-refractivity contribution in [3.8, 4) is 5.75 Å². The summed E-state index contributed by atoms with van der Waals surface area (Å²) in [5, 5.41) is 3.07. The van der Waals surface area contributed by atoms with E-state index < -0.39 is 23.8 Å². The number of ether oxygens (including phenoxy) is 3. The molecule has 1 aromatic heterocycles. The Morgan fingerprint density at radius 2 is 2.00 bits per heavy atom. The molecule has 1 N–H and O–H groups in total. The zero-order chi connectivity index (χ0) is 21.1. The molecule has 2 aromatic rings. The lowest BCUT2D eigenvalue weighted by Crippen LogP contribution is -2.22. The second-order valence-corrected chi connectivity index (χ2v) is 8.48. The number of rotatable bonds is 6. The maximum absolute atomic E-state index is 12.4. The first kappa shape index (κ1) is 21.3. The van der Waals surface area contributed by atoms with Crippen LogP contribution in [0.5, 0.6) is 5.75 Å². The number of esters is 2. The molecule has 0 unspecified atom stereocenters. The quantitative estimate of drug-likeness (QED) is 0.630. The Morgan fingerprint density at radius 1 is 1.24 bits per heavy atom. The highest BCUT2D eigenvalue weighted by Crippen LogP contribution is 2.45. The largest absolute Gasteiger partial charge is 0.483 e. The zero-order valence-electron chi connectivity index (χ0n) is 16.2. The second-order valence-electron chi connectivity index (χ2n) is 6.52. The van der Waals surface area contributed by atoms with Gasteiger partial charge in [0.25, 0.3) is 5.91 Å². The molecule has 154 valence electrons. The van der Waals surface area contributed by atoms with E-state index in [0.29, 0.717) is 29.2 Å². The smallest absolute Gasteiger partial charge is 0.341 e. The fourth-order valence-electron chi connectivity index (χ4n) is 3.26. The molecule has 0 bridgehead atoms. The topological polar surface area (TPSA) is 90.9 Å². The molecule has 1 aliphatic carbocycles. The summed E-state index contributed by atoms with van der Waals surface area (Å²) in [4.78, 5) is 37.8. The molecule has 0 saturated carbocycles. The third kappa shape index (κ3) is 4.45. The van der Waals surface area contributed by atoms with Crippen molar-refractivity contribution in [3.63, 3.8) is 0 Å². The minimum absolute atomic E-state index is 0.213. The Hall–Kier alpha value is -2.39. The molecule has 0 aliphatic heterocycles. The van der Waals surface area contributed by atoms with Gasteiger partial charge in [-0.05, 0) is 59.0 Å². The first-order valence-electron chi connectivity index (χ1n) is 8.86. The first-order chi connectivity index (χ1) is 13.8. The number of hydrogen-bond donors (Lipinski definition) is 1. The molecular formula is C20H20BrNO6S. The lowest BCUT2D eigenvalue weighted by Gasteiger charge is -2.12. The van der Waals surface area contributed by atoms with Crippen LogP contribution < -0.4 is 10.1 Å². The van der Waals surface area contributed by atoms with Crippen molar-refractivity contribution >= 4 is 50.1 Å². The van der Waals surface area contributed by atoms with Crippen molar-refractivity contribution in [1.29, 1.82) is 0 Å². The molecule has 1 atom stereocenters. The number of fused-ring (bicyclic) bond motifs is 1. The molecule has 0 fully saturated rings. The molecule has 0 saturated heterocycles. The Balaban J connectivity index is 1.79. The number of thiophene rings is 1. The molecule has 9 heteroatoms. The summed E-state index contributed by atoms with van der Waals surface area (Å²) in [7, 11) is 2.58. The standard InChI is InChI=1S/C20H20BrNO6S/c1-10-4-6-13(12(21)8-10)28-9-15(23)22-18-17(20(25)27-3)16-11(19(24)26-2)5-7-14(16)29-18/h4,6,8,11H,5,7,9H2,1-3H3,(H,22,23)/t11-/m1/s1. The first-order valence-corrected chi connectivity index (χ1v) is 10.5. The SMILES string of the molecule is COC(=O)c1c(NC(=O)COc2ccc(C)cc2Br)sc2c1[C@H](C(=O)OC)CC2. The maximum atomic E-state index is 12.4. The molecule has 1 amide bonds. The number of methoxy groups -OCH3 is 2. The summed E-state index contributed by atoms with van der Waals surface area (Å²) < 4.78 is 16.1. The van der Waals surface area contributed by atoms with Crippen molar-refractivity contribution in [3.05, 3.63) is 44.2 Å². The van der Waals surface area contributed by atoms with Crippen LogP contribution in [-0.2, 0) is 25.5 Å². The van der Waals surface area contributed by atoms with E-state index >= 15 is 0 Å². The van der Waals surface area contributed by atoms with Crippen LogP contribution in [0.1, 0.15) is 38.7 Å². The molecule has 0 radical (unpaired) electrons. The average molecular weight is 482 g/mol. The third-order valence-corrected chi connectivity index (χ3v) is 6.41. The van der Waals surface area contributed by atoms with Crippen LogP contribution in [-0.4, -0.2) is 38.7 Å². The fourth-order valence-corrected chi connectivity index (χ4v) is 5.15. The Bertz CT molecular complexity index is 970. The van der Waals surface area contributed by atoms with Crippen LogP contribution in [0, 0.1) is 6.92 Å². The van der Waals surface area contributed by atoms with Gasteiger partial charge < -0.3 is 19.5 Å². The number of benzene rings is 1. The van der Waals surface area contributed by atoms with Crippen LogP contribution in [0.4, 0.5) is 5.00 Å². The molecule has 1 heterocycles. The van der Waals surface area contributed by atoms with Gasteiger partial charge in [0.05, 0.1) is 30.2 Å². The molecule has 1 aliphatic rings. The van der Waals surface area contributed by atoms with Crippen LogP contribution >= 0.6 is 27.3 Å². The van der Waals surface area contributed by atoms with Gasteiger partial charge >= 0.3 is 11.9 Å². The average Bonchev–Trinajstić information content (AvgIpc) is 3.24. The summed E-state index contributed by atoms with van der Waals surface area (Å²) in [5.41, 5.74) is 1.86. The van der Waals surface area contributed by atoms with Gasteiger partial charge in [-0.1, -0.05) is 6.07 Å². The lowest BCUT2D eigenvalue weighted by molar-refractivity contribution is -0.142. The van der Waals surface area contributed by atoms with E-state index in [4.69, 9.17) is 14.2 Å². The van der Waals surface area contributed by atoms with Gasteiger partial charge in [-0.25, -0.2) is 4.79 Å². The minimum Gasteiger partial charge on any atom is -0.483 e. The van der Waals surface area contributed by atoms with E-state index in [9.17, 15) is 14.4 Å². The summed E-state index contributed by atoms with van der Waals surface area (Å²) in [6.07, 6.45) is 1.20. The number of carbonyl (C=O) groups is 3. The van der Waals surface area contributed by atoms with Crippen molar-refractivity contribution in [1.82, 2.24) is 0 Å². The Kier molecular flexibility index (Phi) is 6.59. The minimum atomic E-state index is -0.601. The van der Waals surface area contributed by atoms with E-state index in [0.717, 1.165) is 14.9 Å². The fraction of sp³-hybridized carbons (Fsp3) is 0.350. The summed E-state index contributed by atoms with van der Waals surface area (Å²) in [6, 6.07) is 5.54. The normalized spacial score (nSPS) is 14.8. The molecule has 0 spiro atoms. The number of halogens is 1. The van der Waals surface area contributed by atoms with E-state index in [-0.39, 0.29) is 12.2 Å². The number of amides is 1. The van der Waals surface area contributed by atoms with E-state index in [1.54, 1.807) is 6.07 Å². The zero-order valence-corrected chi connectivity index (χ0v) is 18.6. The van der Waals surface area contributed by atoms with Gasteiger partial charge in [0.15, 0.2) is 6.61 Å². The van der Waals surface area contributed by atoms with Crippen molar-refractivity contribution < 1.29 is 28.6 Å². The number of carbonyl (C=O) groups excluding carboxylic acids is 3. The van der Waals surface area contributed by atoms with E-state index in [1.807, 2.05) is 19.1 Å². The van der Waals surface area contributed by atoms with Crippen LogP contribution in [0.25, 0.3) is 0 Å². The number of nitrogens with one attached hydrogen (secondary N) is 1. The Morgan fingerprint density at radius 3 is 2.66 bits per heavy atom. The molecular weight excluding hydrogens is 462 g/mol. The molecule has 7 nitrogen and oxygen atoms in total. The van der Waals surface area contributed by atoms with Crippen LogP contribution in [0.2, 0.25) is 0 Å². The van der Waals surface area contributed by atoms with Crippen molar-refractivity contribution in [2.75, 3.05) is 26.1 Å². The predicted octanol–water partition coefficient (Wildman–Crippen LogP) is 3.83. The summed E-state index contributed by atoms with van der Waals surface area (Å²) in [6.45, 7) is 1.72. The molecule has 1 aromatic carbocycles. The van der Waals surface area contributed by atoms with E-state index in [2.05, 4.69) is 21.2 Å². The second kappa shape index (κ2) is 8.96. The third-order valence-electron chi connectivity index (χ3n) is 4.60. The maximum Gasteiger partial charge on any atom is 0.341 e. The summed E-state index contributed by atoms with van der Waals surface area (Å²) >= 11 is 4.67. The van der Waals surface area contributed by atoms with Crippen molar-refractivity contribution in [2.24, 2.45) is 0 Å². The number of hydrogen-bond acceptors (Lipinski definition) is 7. The van der Waals surface area contributed by atoms with Gasteiger partial charge in [-0.15, -0.1) is 11.3 Å². The number of aryl methyl sites for hydroxylation is 2.